The van der Waals surface area contributed by atoms with Gasteiger partial charge in [-0.1, -0.05) is 0 Å². The molecule has 0 bridgehead atoms. The average molecular weight is 244 g/mol. The first-order valence-electron chi connectivity index (χ1n) is 3.08. The fourth-order valence-corrected chi connectivity index (χ4v) is 1.74. The van der Waals surface area contributed by atoms with Gasteiger partial charge in [0.1, 0.15) is 0 Å². The summed E-state index contributed by atoms with van der Waals surface area (Å²) >= 11 is 0. The van der Waals surface area contributed by atoms with Gasteiger partial charge in [0.2, 0.25) is 0 Å². The van der Waals surface area contributed by atoms with Crippen molar-refractivity contribution in [1.29, 1.82) is 0 Å². The summed E-state index contributed by atoms with van der Waals surface area (Å²) < 4.78 is 33.8. The van der Waals surface area contributed by atoms with Crippen LogP contribution >= 0.6 is 19.7 Å². The van der Waals surface area contributed by atoms with E-state index in [1.807, 2.05) is 6.92 Å². The van der Waals surface area contributed by atoms with Crippen molar-refractivity contribution in [2.24, 2.45) is 0 Å². The Balaban J connectivity index is 4.19. The number of hydrogen-bond donors (Lipinski definition) is 1. The molecule has 0 fully saturated rings. The van der Waals surface area contributed by atoms with Crippen molar-refractivity contribution in [1.82, 2.24) is 0 Å². The van der Waals surface area contributed by atoms with Crippen LogP contribution in [0.3, 0.4) is 0 Å². The molecule has 0 saturated heterocycles. The Morgan fingerprint density at radius 2 is 1.91 bits per heavy atom. The molecule has 0 aliphatic carbocycles. The molecule has 7 heteroatoms. The Kier molecular flexibility index (Phi) is 2.75. The SMILES string of the molecule is CCCC[O][V](=[O])(=[O])([OH])([Cl])[Cl]. The molecule has 0 aliphatic heterocycles. The molecule has 69 valence electrons. The van der Waals surface area contributed by atoms with Crippen molar-refractivity contribution in [3.05, 3.63) is 0 Å². The first-order chi connectivity index (χ1) is 4.54. The average Bonchev–Trinajstić information content (AvgIpc) is 1.59. The monoisotopic (exact) mass is 243 g/mol. The molecule has 0 rings (SSSR count). The maximum absolute atomic E-state index is 10.6. The van der Waals surface area contributed by atoms with Gasteiger partial charge in [-0.2, -0.15) is 0 Å². The molecule has 0 saturated carbocycles. The summed E-state index contributed by atoms with van der Waals surface area (Å²) in [6.45, 7) is 1.62. The Morgan fingerprint density at radius 3 is 2.18 bits per heavy atom. The molecule has 1 N–H and O–H groups in total. The van der Waals surface area contributed by atoms with Crippen LogP contribution in [0.4, 0.5) is 0 Å². The van der Waals surface area contributed by atoms with E-state index >= 15 is 0 Å². The third-order valence-corrected chi connectivity index (χ3v) is 2.75. The van der Waals surface area contributed by atoms with Gasteiger partial charge in [0.25, 0.3) is 0 Å². The van der Waals surface area contributed by atoms with E-state index in [1.165, 1.54) is 0 Å². The van der Waals surface area contributed by atoms with Crippen molar-refractivity contribution in [3.8, 4) is 0 Å². The third kappa shape index (κ3) is 10.7. The van der Waals surface area contributed by atoms with Gasteiger partial charge >= 0.3 is 71.5 Å². The summed E-state index contributed by atoms with van der Waals surface area (Å²) in [7, 11) is 2.01. The number of halogens is 2. The molecular formula is C4H10Cl2O4V. The van der Waals surface area contributed by atoms with E-state index < -0.39 is 10.4 Å². The normalized spacial score (nSPS) is 18.9. The van der Waals surface area contributed by atoms with Crippen LogP contribution in [0.25, 0.3) is 0 Å². The van der Waals surface area contributed by atoms with Gasteiger partial charge in [0.15, 0.2) is 0 Å². The topological polar surface area (TPSA) is 63.6 Å². The summed E-state index contributed by atoms with van der Waals surface area (Å²) in [5, 5.41) is 0. The zero-order chi connectivity index (χ0) is 9.24. The van der Waals surface area contributed by atoms with Crippen molar-refractivity contribution in [2.45, 2.75) is 19.8 Å². The van der Waals surface area contributed by atoms with Crippen LogP contribution in [0.1, 0.15) is 19.8 Å². The minimum absolute atomic E-state index is 0.201. The van der Waals surface area contributed by atoms with E-state index in [9.17, 15) is 7.35 Å². The van der Waals surface area contributed by atoms with Gasteiger partial charge in [0.05, 0.1) is 0 Å². The molecule has 0 heterocycles. The van der Waals surface area contributed by atoms with Crippen molar-refractivity contribution >= 4 is 19.7 Å². The predicted molar refractivity (Wildman–Crippen MR) is 36.2 cm³/mol. The minimum atomic E-state index is -7.28. The summed E-state index contributed by atoms with van der Waals surface area (Å²) in [6.07, 6.45) is 1.18. The molecule has 0 aromatic heterocycles. The van der Waals surface area contributed by atoms with E-state index in [0.717, 1.165) is 6.42 Å². The van der Waals surface area contributed by atoms with Gasteiger partial charge in [-0.05, 0) is 0 Å². The molecule has 0 amide bonds. The first kappa shape index (κ1) is 11.7. The molecule has 0 radical (unpaired) electrons. The molecule has 0 aromatic carbocycles. The predicted octanol–water partition coefficient (Wildman–Crippen LogP) is 1.85. The zero-order valence-corrected chi connectivity index (χ0v) is 8.90. The standard InChI is InChI=1S/C4H9O.2ClH.H2O.2O.V/c1-2-3-4-5;;;;;;/h2-4H2,1H3;2*1H;1H2;;;/q-1;;;;;;+4/p-3. The van der Waals surface area contributed by atoms with Gasteiger partial charge in [-0.25, -0.2) is 0 Å². The summed E-state index contributed by atoms with van der Waals surface area (Å²) in [6, 6.07) is 0. The summed E-state index contributed by atoms with van der Waals surface area (Å²) in [5.74, 6) is 0. The van der Waals surface area contributed by atoms with Gasteiger partial charge in [-0.15, -0.1) is 0 Å². The molecule has 0 aromatic rings. The molecule has 0 aliphatic rings. The molecule has 0 atom stereocenters. The summed E-state index contributed by atoms with van der Waals surface area (Å²) in [5.41, 5.74) is 0. The second kappa shape index (κ2) is 2.59. The van der Waals surface area contributed by atoms with Crippen LogP contribution < -0.4 is 0 Å². The van der Waals surface area contributed by atoms with Crippen molar-refractivity contribution < 1.29 is 25.5 Å². The number of unbranched alkanes of at least 4 members (excludes halogenated alkanes) is 1. The zero-order valence-electron chi connectivity index (χ0n) is 6.00. The molecular weight excluding hydrogens is 234 g/mol. The van der Waals surface area contributed by atoms with Crippen LogP contribution in [0.2, 0.25) is 0 Å². The Labute approximate surface area is 71.7 Å². The van der Waals surface area contributed by atoms with Gasteiger partial charge < -0.3 is 0 Å². The van der Waals surface area contributed by atoms with Crippen LogP contribution in [-0.2, 0) is 21.4 Å². The number of hydrogen-bond acceptors (Lipinski definition) is 3. The fourth-order valence-electron chi connectivity index (χ4n) is 0.393. The summed E-state index contributed by atoms with van der Waals surface area (Å²) in [4.78, 5) is 0. The van der Waals surface area contributed by atoms with E-state index in [0.29, 0.717) is 6.42 Å². The Morgan fingerprint density at radius 1 is 1.45 bits per heavy atom. The van der Waals surface area contributed by atoms with Crippen LogP contribution in [0.15, 0.2) is 0 Å². The van der Waals surface area contributed by atoms with E-state index in [2.05, 4.69) is 23.4 Å². The molecule has 0 unspecified atom stereocenters. The van der Waals surface area contributed by atoms with Crippen LogP contribution in [0, 0.1) is 0 Å². The van der Waals surface area contributed by atoms with E-state index in [4.69, 9.17) is 4.03 Å². The van der Waals surface area contributed by atoms with Crippen LogP contribution in [0.5, 0.6) is 0 Å². The fraction of sp³-hybridized carbons (Fsp3) is 1.00. The maximum atomic E-state index is 10.6. The molecule has 4 nitrogen and oxygen atoms in total. The Hall–Kier alpha value is 0.684. The quantitative estimate of drug-likeness (QED) is 0.766. The first-order valence-corrected chi connectivity index (χ1v) is 9.26. The second-order valence-electron chi connectivity index (χ2n) is 2.28. The third-order valence-electron chi connectivity index (χ3n) is 0.850. The van der Waals surface area contributed by atoms with Crippen molar-refractivity contribution in [2.75, 3.05) is 6.61 Å². The van der Waals surface area contributed by atoms with Crippen molar-refractivity contribution in [3.63, 3.8) is 0 Å². The van der Waals surface area contributed by atoms with E-state index in [1.54, 1.807) is 0 Å². The van der Waals surface area contributed by atoms with Gasteiger partial charge in [0, 0.05) is 0 Å². The van der Waals surface area contributed by atoms with E-state index in [-0.39, 0.29) is 6.61 Å². The second-order valence-corrected chi connectivity index (χ2v) is 12.9. The molecule has 11 heavy (non-hydrogen) atoms. The Bertz CT molecular complexity index is 270. The molecule has 0 spiro atoms. The van der Waals surface area contributed by atoms with Gasteiger partial charge in [-0.3, -0.25) is 0 Å². The number of rotatable bonds is 4. The van der Waals surface area contributed by atoms with Crippen LogP contribution in [-0.4, -0.2) is 10.6 Å².